The zero-order valence-electron chi connectivity index (χ0n) is 13.4. The van der Waals surface area contributed by atoms with E-state index in [1.807, 2.05) is 0 Å². The lowest BCUT2D eigenvalue weighted by Gasteiger charge is -2.40. The predicted molar refractivity (Wildman–Crippen MR) is 86.2 cm³/mol. The average Bonchev–Trinajstić information content (AvgIpc) is 2.38. The molecule has 0 aromatic carbocycles. The van der Waals surface area contributed by atoms with Crippen molar-refractivity contribution < 1.29 is 0 Å². The number of nitrogens with two attached hydrogens (primary N) is 3. The Morgan fingerprint density at radius 2 is 1.75 bits per heavy atom. The van der Waals surface area contributed by atoms with Crippen molar-refractivity contribution in [2.75, 3.05) is 0 Å². The molecule has 3 nitrogen and oxygen atoms in total. The Morgan fingerprint density at radius 1 is 1.00 bits per heavy atom. The first kappa shape index (κ1) is 16.3. The molecule has 0 aliphatic heterocycles. The lowest BCUT2D eigenvalue weighted by atomic mass is 9.68. The standard InChI is InChI=1S/C17H35N3/c1-11(8-13-4-3-5-15(19)9-13)16-7-6-14(12(2)18)10-17(16)20/h11-17H,3-10,18-20H2,1-2H3. The van der Waals surface area contributed by atoms with Gasteiger partial charge in [-0.3, -0.25) is 0 Å². The van der Waals surface area contributed by atoms with Crippen LogP contribution in [0.2, 0.25) is 0 Å². The van der Waals surface area contributed by atoms with Crippen LogP contribution in [0.15, 0.2) is 0 Å². The Morgan fingerprint density at radius 3 is 2.35 bits per heavy atom. The molecule has 2 saturated carbocycles. The molecule has 6 N–H and O–H groups in total. The van der Waals surface area contributed by atoms with Crippen molar-refractivity contribution in [3.05, 3.63) is 0 Å². The molecule has 0 saturated heterocycles. The lowest BCUT2D eigenvalue weighted by molar-refractivity contribution is 0.142. The fourth-order valence-corrected chi connectivity index (χ4v) is 4.69. The summed E-state index contributed by atoms with van der Waals surface area (Å²) in [4.78, 5) is 0. The first-order valence-electron chi connectivity index (χ1n) is 8.74. The van der Waals surface area contributed by atoms with Crippen molar-refractivity contribution in [2.45, 2.75) is 83.3 Å². The van der Waals surface area contributed by atoms with E-state index >= 15 is 0 Å². The maximum Gasteiger partial charge on any atom is 0.00729 e. The van der Waals surface area contributed by atoms with E-state index in [0.717, 1.165) is 18.3 Å². The summed E-state index contributed by atoms with van der Waals surface area (Å²) in [6.07, 6.45) is 10.1. The first-order valence-corrected chi connectivity index (χ1v) is 8.74. The lowest BCUT2D eigenvalue weighted by Crippen LogP contribution is -2.44. The molecule has 118 valence electrons. The van der Waals surface area contributed by atoms with Gasteiger partial charge in [0, 0.05) is 18.1 Å². The second-order valence-corrected chi connectivity index (χ2v) is 7.77. The number of hydrogen-bond donors (Lipinski definition) is 3. The fourth-order valence-electron chi connectivity index (χ4n) is 4.69. The summed E-state index contributed by atoms with van der Waals surface area (Å²) in [5.41, 5.74) is 18.6. The van der Waals surface area contributed by atoms with E-state index in [-0.39, 0.29) is 0 Å². The van der Waals surface area contributed by atoms with Gasteiger partial charge in [-0.1, -0.05) is 19.8 Å². The molecule has 0 spiro atoms. The molecule has 2 rings (SSSR count). The van der Waals surface area contributed by atoms with E-state index in [0.29, 0.717) is 30.0 Å². The number of hydrogen-bond acceptors (Lipinski definition) is 3. The van der Waals surface area contributed by atoms with Gasteiger partial charge in [-0.05, 0) is 69.1 Å². The second-order valence-electron chi connectivity index (χ2n) is 7.77. The van der Waals surface area contributed by atoms with Gasteiger partial charge in [0.2, 0.25) is 0 Å². The first-order chi connectivity index (χ1) is 9.47. The van der Waals surface area contributed by atoms with Crippen LogP contribution in [0.25, 0.3) is 0 Å². The van der Waals surface area contributed by atoms with Gasteiger partial charge in [-0.2, -0.15) is 0 Å². The van der Waals surface area contributed by atoms with Crippen LogP contribution < -0.4 is 17.2 Å². The van der Waals surface area contributed by atoms with Crippen LogP contribution in [0.3, 0.4) is 0 Å². The fraction of sp³-hybridized carbons (Fsp3) is 1.00. The summed E-state index contributed by atoms with van der Waals surface area (Å²) < 4.78 is 0. The Balaban J connectivity index is 1.82. The summed E-state index contributed by atoms with van der Waals surface area (Å²) in [5, 5.41) is 0. The van der Waals surface area contributed by atoms with Crippen molar-refractivity contribution in [1.82, 2.24) is 0 Å². The van der Waals surface area contributed by atoms with Crippen LogP contribution in [0.4, 0.5) is 0 Å². The Labute approximate surface area is 125 Å². The zero-order chi connectivity index (χ0) is 14.7. The van der Waals surface area contributed by atoms with E-state index < -0.39 is 0 Å². The smallest absolute Gasteiger partial charge is 0.00729 e. The average molecular weight is 281 g/mol. The van der Waals surface area contributed by atoms with Crippen molar-refractivity contribution in [2.24, 2.45) is 40.9 Å². The molecular weight excluding hydrogens is 246 g/mol. The second kappa shape index (κ2) is 7.24. The van der Waals surface area contributed by atoms with Crippen molar-refractivity contribution >= 4 is 0 Å². The summed E-state index contributed by atoms with van der Waals surface area (Å²) >= 11 is 0. The van der Waals surface area contributed by atoms with Gasteiger partial charge in [0.05, 0.1) is 0 Å². The predicted octanol–water partition coefficient (Wildman–Crippen LogP) is 2.62. The molecule has 0 aromatic heterocycles. The Hall–Kier alpha value is -0.120. The molecule has 2 aliphatic carbocycles. The zero-order valence-corrected chi connectivity index (χ0v) is 13.4. The Bertz CT molecular complexity index is 292. The minimum Gasteiger partial charge on any atom is -0.328 e. The van der Waals surface area contributed by atoms with Gasteiger partial charge in [0.25, 0.3) is 0 Å². The van der Waals surface area contributed by atoms with Crippen LogP contribution in [-0.2, 0) is 0 Å². The molecular formula is C17H35N3. The van der Waals surface area contributed by atoms with E-state index in [1.165, 1.54) is 44.9 Å². The van der Waals surface area contributed by atoms with Crippen molar-refractivity contribution in [3.63, 3.8) is 0 Å². The Kier molecular flexibility index (Phi) is 5.88. The summed E-state index contributed by atoms with van der Waals surface area (Å²) in [7, 11) is 0. The monoisotopic (exact) mass is 281 g/mol. The highest BCUT2D eigenvalue weighted by molar-refractivity contribution is 4.89. The minimum absolute atomic E-state index is 0.300. The van der Waals surface area contributed by atoms with Crippen LogP contribution in [0, 0.1) is 23.7 Å². The molecule has 2 fully saturated rings. The van der Waals surface area contributed by atoms with Gasteiger partial charge >= 0.3 is 0 Å². The van der Waals surface area contributed by atoms with Crippen LogP contribution in [0.1, 0.15) is 65.2 Å². The van der Waals surface area contributed by atoms with Crippen LogP contribution >= 0.6 is 0 Å². The number of rotatable bonds is 4. The molecule has 0 aromatic rings. The van der Waals surface area contributed by atoms with Crippen LogP contribution in [0.5, 0.6) is 0 Å². The molecule has 0 amide bonds. The third-order valence-corrected chi connectivity index (χ3v) is 6.00. The molecule has 7 unspecified atom stereocenters. The van der Waals surface area contributed by atoms with Gasteiger partial charge in [0.15, 0.2) is 0 Å². The highest BCUT2D eigenvalue weighted by Crippen LogP contribution is 2.38. The maximum absolute atomic E-state index is 6.46. The van der Waals surface area contributed by atoms with Gasteiger partial charge in [0.1, 0.15) is 0 Å². The maximum atomic E-state index is 6.46. The topological polar surface area (TPSA) is 78.1 Å². The quantitative estimate of drug-likeness (QED) is 0.741. The SMILES string of the molecule is CC(N)C1CCC(C(C)CC2CCCC(N)C2)C(N)C1. The molecule has 20 heavy (non-hydrogen) atoms. The summed E-state index contributed by atoms with van der Waals surface area (Å²) in [6, 6.07) is 1.10. The third kappa shape index (κ3) is 4.19. The minimum atomic E-state index is 0.300. The van der Waals surface area contributed by atoms with Gasteiger partial charge in [-0.25, -0.2) is 0 Å². The molecule has 3 heteroatoms. The highest BCUT2D eigenvalue weighted by atomic mass is 14.7. The summed E-state index contributed by atoms with van der Waals surface area (Å²) in [5.74, 6) is 2.92. The van der Waals surface area contributed by atoms with Crippen molar-refractivity contribution in [1.29, 1.82) is 0 Å². The van der Waals surface area contributed by atoms with E-state index in [2.05, 4.69) is 13.8 Å². The van der Waals surface area contributed by atoms with Gasteiger partial charge in [-0.15, -0.1) is 0 Å². The summed E-state index contributed by atoms with van der Waals surface area (Å²) in [6.45, 7) is 4.54. The normalized spacial score (nSPS) is 42.1. The van der Waals surface area contributed by atoms with Crippen LogP contribution in [-0.4, -0.2) is 18.1 Å². The van der Waals surface area contributed by atoms with E-state index in [9.17, 15) is 0 Å². The van der Waals surface area contributed by atoms with E-state index in [4.69, 9.17) is 17.2 Å². The molecule has 0 bridgehead atoms. The molecule has 0 radical (unpaired) electrons. The highest BCUT2D eigenvalue weighted by Gasteiger charge is 2.34. The van der Waals surface area contributed by atoms with Crippen molar-refractivity contribution in [3.8, 4) is 0 Å². The van der Waals surface area contributed by atoms with E-state index in [1.54, 1.807) is 0 Å². The van der Waals surface area contributed by atoms with Gasteiger partial charge < -0.3 is 17.2 Å². The molecule has 7 atom stereocenters. The third-order valence-electron chi connectivity index (χ3n) is 6.00. The molecule has 2 aliphatic rings. The molecule has 0 heterocycles. The largest absolute Gasteiger partial charge is 0.328 e.